The molecule has 0 amide bonds. The van der Waals surface area contributed by atoms with E-state index in [4.69, 9.17) is 5.84 Å². The van der Waals surface area contributed by atoms with Crippen molar-refractivity contribution in [3.63, 3.8) is 0 Å². The van der Waals surface area contributed by atoms with Crippen LogP contribution in [0.4, 0.5) is 0 Å². The number of aliphatic imine (C=N–C) groups is 1. The van der Waals surface area contributed by atoms with Gasteiger partial charge in [0.1, 0.15) is 5.84 Å². The molecule has 0 aromatic heterocycles. The quantitative estimate of drug-likeness (QED) is 0.357. The van der Waals surface area contributed by atoms with Crippen LogP contribution < -0.4 is 11.3 Å². The highest BCUT2D eigenvalue weighted by molar-refractivity contribution is 9.10. The van der Waals surface area contributed by atoms with Gasteiger partial charge in [-0.15, -0.1) is 0 Å². The summed E-state index contributed by atoms with van der Waals surface area (Å²) in [5, 5.41) is 0. The molecule has 0 heterocycles. The van der Waals surface area contributed by atoms with Crippen molar-refractivity contribution in [2.24, 2.45) is 10.8 Å². The Bertz CT molecular complexity index is 292. The van der Waals surface area contributed by atoms with Crippen LogP contribution in [0.5, 0.6) is 0 Å². The molecule has 13 heavy (non-hydrogen) atoms. The number of halogens is 1. The Morgan fingerprint density at radius 2 is 2.08 bits per heavy atom. The fraction of sp³-hybridized carbons (Fsp3) is 0.222. The molecule has 4 heteroatoms. The third kappa shape index (κ3) is 3.16. The summed E-state index contributed by atoms with van der Waals surface area (Å²) < 4.78 is 1.08. The summed E-state index contributed by atoms with van der Waals surface area (Å²) in [4.78, 5) is 3.99. The zero-order valence-electron chi connectivity index (χ0n) is 7.42. The number of amidine groups is 1. The number of nitrogens with one attached hydrogen (secondary N) is 1. The topological polar surface area (TPSA) is 50.4 Å². The second-order valence-corrected chi connectivity index (χ2v) is 3.53. The lowest BCUT2D eigenvalue weighted by atomic mass is 10.1. The third-order valence-electron chi connectivity index (χ3n) is 1.72. The molecule has 0 saturated carbocycles. The lowest BCUT2D eigenvalue weighted by Gasteiger charge is -2.04. The normalized spacial score (nSPS) is 11.5. The molecule has 0 fully saturated rings. The lowest BCUT2D eigenvalue weighted by molar-refractivity contribution is 0.981. The van der Waals surface area contributed by atoms with Gasteiger partial charge in [-0.2, -0.15) is 0 Å². The maximum atomic E-state index is 5.27. The van der Waals surface area contributed by atoms with Crippen molar-refractivity contribution in [1.29, 1.82) is 0 Å². The highest BCUT2D eigenvalue weighted by Crippen LogP contribution is 2.10. The number of nitrogens with zero attached hydrogens (tertiary/aromatic N) is 1. The van der Waals surface area contributed by atoms with E-state index in [9.17, 15) is 0 Å². The summed E-state index contributed by atoms with van der Waals surface area (Å²) in [5.74, 6) is 6.05. The van der Waals surface area contributed by atoms with Gasteiger partial charge in [0.25, 0.3) is 0 Å². The first-order valence-corrected chi connectivity index (χ1v) is 4.72. The summed E-state index contributed by atoms with van der Waals surface area (Å²) in [6.45, 7) is 0. The molecule has 0 radical (unpaired) electrons. The molecule has 0 unspecified atom stereocenters. The van der Waals surface area contributed by atoms with Crippen molar-refractivity contribution < 1.29 is 0 Å². The van der Waals surface area contributed by atoms with E-state index in [1.165, 1.54) is 5.56 Å². The summed E-state index contributed by atoms with van der Waals surface area (Å²) in [6, 6.07) is 8.07. The molecule has 0 atom stereocenters. The maximum absolute atomic E-state index is 5.27. The van der Waals surface area contributed by atoms with E-state index in [-0.39, 0.29) is 0 Å². The molecule has 70 valence electrons. The van der Waals surface area contributed by atoms with Crippen LogP contribution >= 0.6 is 15.9 Å². The van der Waals surface area contributed by atoms with E-state index in [2.05, 4.69) is 26.3 Å². The average molecular weight is 242 g/mol. The van der Waals surface area contributed by atoms with E-state index in [0.29, 0.717) is 0 Å². The molecule has 1 aromatic carbocycles. The first-order chi connectivity index (χ1) is 6.26. The summed E-state index contributed by atoms with van der Waals surface area (Å²) >= 11 is 3.38. The Kier molecular flexibility index (Phi) is 3.92. The van der Waals surface area contributed by atoms with E-state index >= 15 is 0 Å². The molecule has 1 rings (SSSR count). The molecule has 0 aliphatic heterocycles. The van der Waals surface area contributed by atoms with E-state index in [1.54, 1.807) is 7.05 Å². The number of hydrogen-bond donors (Lipinski definition) is 2. The van der Waals surface area contributed by atoms with Crippen molar-refractivity contribution in [3.8, 4) is 0 Å². The summed E-state index contributed by atoms with van der Waals surface area (Å²) in [6.07, 6.45) is 0.736. The second kappa shape index (κ2) is 4.99. The van der Waals surface area contributed by atoms with Crippen molar-refractivity contribution in [1.82, 2.24) is 5.43 Å². The minimum Gasteiger partial charge on any atom is -0.312 e. The fourth-order valence-corrected chi connectivity index (χ4v) is 1.25. The smallest absolute Gasteiger partial charge is 0.114 e. The predicted molar refractivity (Wildman–Crippen MR) is 58.5 cm³/mol. The maximum Gasteiger partial charge on any atom is 0.114 e. The van der Waals surface area contributed by atoms with Gasteiger partial charge < -0.3 is 5.43 Å². The Labute approximate surface area is 86.1 Å². The molecule has 0 aliphatic carbocycles. The van der Waals surface area contributed by atoms with Crippen molar-refractivity contribution in [3.05, 3.63) is 34.3 Å². The highest BCUT2D eigenvalue weighted by atomic mass is 79.9. The van der Waals surface area contributed by atoms with Gasteiger partial charge >= 0.3 is 0 Å². The molecule has 0 saturated heterocycles. The zero-order valence-corrected chi connectivity index (χ0v) is 9.01. The number of nitrogens with two attached hydrogens (primary N) is 1. The van der Waals surface area contributed by atoms with Crippen LogP contribution in [0.2, 0.25) is 0 Å². The van der Waals surface area contributed by atoms with Crippen LogP contribution in [0.15, 0.2) is 33.7 Å². The number of hydrazine groups is 1. The van der Waals surface area contributed by atoms with Gasteiger partial charge in [-0.25, -0.2) is 5.84 Å². The minimum absolute atomic E-state index is 0.736. The van der Waals surface area contributed by atoms with E-state index in [0.717, 1.165) is 16.7 Å². The molecular weight excluding hydrogens is 230 g/mol. The van der Waals surface area contributed by atoms with Crippen LogP contribution in [0.1, 0.15) is 5.56 Å². The van der Waals surface area contributed by atoms with E-state index < -0.39 is 0 Å². The number of benzene rings is 1. The van der Waals surface area contributed by atoms with Gasteiger partial charge in [0.15, 0.2) is 0 Å². The Morgan fingerprint density at radius 1 is 1.46 bits per heavy atom. The van der Waals surface area contributed by atoms with Crippen molar-refractivity contribution >= 4 is 21.8 Å². The summed E-state index contributed by atoms with van der Waals surface area (Å²) in [5.41, 5.74) is 3.74. The van der Waals surface area contributed by atoms with Gasteiger partial charge in [-0.1, -0.05) is 28.1 Å². The van der Waals surface area contributed by atoms with Gasteiger partial charge in [0, 0.05) is 17.9 Å². The van der Waals surface area contributed by atoms with Crippen LogP contribution in [0.3, 0.4) is 0 Å². The van der Waals surface area contributed by atoms with Crippen LogP contribution in [-0.2, 0) is 6.42 Å². The molecule has 0 spiro atoms. The van der Waals surface area contributed by atoms with Crippen LogP contribution in [0, 0.1) is 0 Å². The monoisotopic (exact) mass is 241 g/mol. The SMILES string of the molecule is CN=C(Cc1ccc(Br)cc1)NN. The predicted octanol–water partition coefficient (Wildman–Crippen LogP) is 1.48. The number of rotatable bonds is 2. The van der Waals surface area contributed by atoms with Gasteiger partial charge in [0.05, 0.1) is 0 Å². The molecule has 3 nitrogen and oxygen atoms in total. The largest absolute Gasteiger partial charge is 0.312 e. The molecule has 3 N–H and O–H groups in total. The average Bonchev–Trinajstić information content (AvgIpc) is 2.17. The standard InChI is InChI=1S/C9H12BrN3/c1-12-9(13-11)6-7-2-4-8(10)5-3-7/h2-5H,6,11H2,1H3,(H,12,13). The minimum atomic E-state index is 0.736. The molecular formula is C9H12BrN3. The molecule has 0 bridgehead atoms. The Hall–Kier alpha value is -0.870. The Morgan fingerprint density at radius 3 is 2.54 bits per heavy atom. The second-order valence-electron chi connectivity index (χ2n) is 2.62. The van der Waals surface area contributed by atoms with Gasteiger partial charge in [0.2, 0.25) is 0 Å². The highest BCUT2D eigenvalue weighted by Gasteiger charge is 1.97. The summed E-state index contributed by atoms with van der Waals surface area (Å²) in [7, 11) is 1.72. The zero-order chi connectivity index (χ0) is 9.68. The third-order valence-corrected chi connectivity index (χ3v) is 2.25. The first-order valence-electron chi connectivity index (χ1n) is 3.93. The van der Waals surface area contributed by atoms with Crippen molar-refractivity contribution in [2.45, 2.75) is 6.42 Å². The first kappa shape index (κ1) is 10.2. The van der Waals surface area contributed by atoms with Crippen LogP contribution in [-0.4, -0.2) is 12.9 Å². The van der Waals surface area contributed by atoms with Crippen molar-refractivity contribution in [2.75, 3.05) is 7.05 Å². The lowest BCUT2D eigenvalue weighted by Crippen LogP contribution is -2.31. The number of hydrogen-bond acceptors (Lipinski definition) is 2. The Balaban J connectivity index is 2.69. The fourth-order valence-electron chi connectivity index (χ4n) is 0.990. The van der Waals surface area contributed by atoms with E-state index in [1.807, 2.05) is 24.3 Å². The molecule has 1 aromatic rings. The van der Waals surface area contributed by atoms with Gasteiger partial charge in [-0.3, -0.25) is 4.99 Å². The van der Waals surface area contributed by atoms with Gasteiger partial charge in [-0.05, 0) is 17.7 Å². The van der Waals surface area contributed by atoms with Crippen LogP contribution in [0.25, 0.3) is 0 Å². The molecule has 0 aliphatic rings.